The first kappa shape index (κ1) is 14.8. The van der Waals surface area contributed by atoms with Crippen molar-refractivity contribution in [3.8, 4) is 11.4 Å². The Balaban J connectivity index is 1.95. The Morgan fingerprint density at radius 2 is 2.19 bits per heavy atom. The van der Waals surface area contributed by atoms with Crippen molar-refractivity contribution in [3.63, 3.8) is 0 Å². The van der Waals surface area contributed by atoms with Gasteiger partial charge in [-0.2, -0.15) is 16.9 Å². The maximum atomic E-state index is 5.45. The van der Waals surface area contributed by atoms with E-state index in [0.717, 1.165) is 17.9 Å². The lowest BCUT2D eigenvalue weighted by molar-refractivity contribution is 0.358. The first-order chi connectivity index (χ1) is 10.2. The summed E-state index contributed by atoms with van der Waals surface area (Å²) < 4.78 is 3.14. The van der Waals surface area contributed by atoms with Crippen molar-refractivity contribution in [1.82, 2.24) is 19.7 Å². The number of hydrogen-bond acceptors (Lipinski definition) is 4. The van der Waals surface area contributed by atoms with E-state index in [1.807, 2.05) is 30.1 Å². The second-order valence-electron chi connectivity index (χ2n) is 5.63. The summed E-state index contributed by atoms with van der Waals surface area (Å²) in [5.41, 5.74) is 1.01. The van der Waals surface area contributed by atoms with Gasteiger partial charge >= 0.3 is 0 Å². The monoisotopic (exact) mass is 320 g/mol. The van der Waals surface area contributed by atoms with Crippen LogP contribution in [0.1, 0.15) is 32.1 Å². The van der Waals surface area contributed by atoms with Gasteiger partial charge in [0.15, 0.2) is 10.6 Å². The van der Waals surface area contributed by atoms with Crippen molar-refractivity contribution in [1.29, 1.82) is 0 Å². The van der Waals surface area contributed by atoms with Crippen LogP contribution in [0.2, 0.25) is 0 Å². The molecule has 0 spiro atoms. The molecule has 0 atom stereocenters. The standard InChI is InChI=1S/C15H20N4S2/c1-21-15(7-3-2-4-8-15)11-19-13(17-18-14(19)20)12-6-5-9-16-10-12/h5-6,9-10H,2-4,7-8,11H2,1H3,(H,18,20). The van der Waals surface area contributed by atoms with Gasteiger partial charge in [-0.05, 0) is 43.4 Å². The van der Waals surface area contributed by atoms with Gasteiger partial charge in [0.05, 0.1) is 0 Å². The van der Waals surface area contributed by atoms with Gasteiger partial charge in [-0.15, -0.1) is 0 Å². The molecule has 0 aromatic carbocycles. The highest BCUT2D eigenvalue weighted by Gasteiger charge is 2.32. The van der Waals surface area contributed by atoms with Gasteiger partial charge in [-0.1, -0.05) is 19.3 Å². The van der Waals surface area contributed by atoms with E-state index in [1.165, 1.54) is 32.1 Å². The zero-order valence-electron chi connectivity index (χ0n) is 12.2. The van der Waals surface area contributed by atoms with Crippen molar-refractivity contribution in [3.05, 3.63) is 29.3 Å². The quantitative estimate of drug-likeness (QED) is 0.863. The second-order valence-corrected chi connectivity index (χ2v) is 7.29. The van der Waals surface area contributed by atoms with Crippen LogP contribution in [0.4, 0.5) is 0 Å². The Hall–Kier alpha value is -1.14. The summed E-state index contributed by atoms with van der Waals surface area (Å²) in [6.07, 6.45) is 12.3. The normalized spacial score (nSPS) is 17.8. The number of H-pyrrole nitrogens is 1. The number of aromatic nitrogens is 4. The molecule has 1 saturated carbocycles. The molecule has 0 radical (unpaired) electrons. The SMILES string of the molecule is CSC1(Cn2c(-c3cccnc3)n[nH]c2=S)CCCCC1. The van der Waals surface area contributed by atoms with E-state index >= 15 is 0 Å². The molecule has 4 nitrogen and oxygen atoms in total. The molecule has 6 heteroatoms. The van der Waals surface area contributed by atoms with E-state index in [4.69, 9.17) is 12.2 Å². The van der Waals surface area contributed by atoms with Gasteiger partial charge in [-0.25, -0.2) is 0 Å². The van der Waals surface area contributed by atoms with E-state index in [9.17, 15) is 0 Å². The minimum Gasteiger partial charge on any atom is -0.299 e. The third-order valence-corrected chi connectivity index (χ3v) is 6.04. The highest BCUT2D eigenvalue weighted by atomic mass is 32.2. The topological polar surface area (TPSA) is 46.5 Å². The van der Waals surface area contributed by atoms with Gasteiger partial charge in [-0.3, -0.25) is 14.6 Å². The minimum atomic E-state index is 0.289. The van der Waals surface area contributed by atoms with Crippen molar-refractivity contribution in [2.24, 2.45) is 0 Å². The van der Waals surface area contributed by atoms with Crippen molar-refractivity contribution in [2.75, 3.05) is 6.26 Å². The highest BCUT2D eigenvalue weighted by molar-refractivity contribution is 8.00. The van der Waals surface area contributed by atoms with Crippen LogP contribution in [0.5, 0.6) is 0 Å². The van der Waals surface area contributed by atoms with E-state index < -0.39 is 0 Å². The molecule has 0 saturated heterocycles. The minimum absolute atomic E-state index is 0.289. The van der Waals surface area contributed by atoms with Crippen LogP contribution in [0.25, 0.3) is 11.4 Å². The number of nitrogens with zero attached hydrogens (tertiary/aromatic N) is 3. The number of aromatic amines is 1. The average molecular weight is 320 g/mol. The molecule has 0 bridgehead atoms. The van der Waals surface area contributed by atoms with Crippen molar-refractivity contribution in [2.45, 2.75) is 43.4 Å². The molecule has 0 aliphatic heterocycles. The first-order valence-corrected chi connectivity index (χ1v) is 8.98. The summed E-state index contributed by atoms with van der Waals surface area (Å²) in [5.74, 6) is 0.895. The summed E-state index contributed by atoms with van der Waals surface area (Å²) in [4.78, 5) is 4.19. The lowest BCUT2D eigenvalue weighted by Crippen LogP contribution is -2.33. The Bertz CT molecular complexity index is 641. The maximum Gasteiger partial charge on any atom is 0.195 e. The third kappa shape index (κ3) is 3.06. The van der Waals surface area contributed by atoms with Gasteiger partial charge in [0.25, 0.3) is 0 Å². The number of pyridine rings is 1. The number of nitrogens with one attached hydrogen (secondary N) is 1. The van der Waals surface area contributed by atoms with E-state index in [0.29, 0.717) is 4.77 Å². The van der Waals surface area contributed by atoms with Crippen LogP contribution >= 0.6 is 24.0 Å². The van der Waals surface area contributed by atoms with Gasteiger partial charge < -0.3 is 0 Å². The molecule has 2 heterocycles. The van der Waals surface area contributed by atoms with Gasteiger partial charge in [0.2, 0.25) is 0 Å². The number of hydrogen-bond donors (Lipinski definition) is 1. The molecular formula is C15H20N4S2. The van der Waals surface area contributed by atoms with Gasteiger partial charge in [0.1, 0.15) is 0 Å². The predicted octanol–water partition coefficient (Wildman–Crippen LogP) is 4.07. The molecular weight excluding hydrogens is 300 g/mol. The molecule has 2 aromatic rings. The van der Waals surface area contributed by atoms with E-state index in [1.54, 1.807) is 6.20 Å². The fraction of sp³-hybridized carbons (Fsp3) is 0.533. The lowest BCUT2D eigenvalue weighted by atomic mass is 9.88. The Morgan fingerprint density at radius 1 is 1.38 bits per heavy atom. The maximum absolute atomic E-state index is 5.45. The molecule has 21 heavy (non-hydrogen) atoms. The van der Waals surface area contributed by atoms with E-state index in [2.05, 4.69) is 26.0 Å². The second kappa shape index (κ2) is 6.32. The molecule has 1 aliphatic carbocycles. The summed E-state index contributed by atoms with van der Waals surface area (Å²) in [6.45, 7) is 0.924. The predicted molar refractivity (Wildman–Crippen MR) is 90.0 cm³/mol. The molecule has 0 unspecified atom stereocenters. The fourth-order valence-electron chi connectivity index (χ4n) is 3.09. The van der Waals surface area contributed by atoms with Crippen molar-refractivity contribution >= 4 is 24.0 Å². The zero-order chi connectivity index (χ0) is 14.7. The molecule has 112 valence electrons. The Morgan fingerprint density at radius 3 is 2.86 bits per heavy atom. The van der Waals surface area contributed by atoms with E-state index in [-0.39, 0.29) is 4.75 Å². The molecule has 3 rings (SSSR count). The summed E-state index contributed by atoms with van der Waals surface area (Å²) in [6, 6.07) is 3.96. The summed E-state index contributed by atoms with van der Waals surface area (Å²) in [5, 5.41) is 7.36. The molecule has 0 amide bonds. The average Bonchev–Trinajstić information content (AvgIpc) is 2.90. The Kier molecular flexibility index (Phi) is 4.45. The molecule has 1 fully saturated rings. The van der Waals surface area contributed by atoms with Crippen LogP contribution in [0.15, 0.2) is 24.5 Å². The van der Waals surface area contributed by atoms with Crippen LogP contribution in [0.3, 0.4) is 0 Å². The largest absolute Gasteiger partial charge is 0.299 e. The Labute approximate surface area is 134 Å². The van der Waals surface area contributed by atoms with Crippen LogP contribution in [-0.4, -0.2) is 30.8 Å². The van der Waals surface area contributed by atoms with Crippen LogP contribution in [-0.2, 0) is 6.54 Å². The zero-order valence-corrected chi connectivity index (χ0v) is 13.8. The molecule has 2 aromatic heterocycles. The fourth-order valence-corrected chi connectivity index (χ4v) is 4.24. The molecule has 1 aliphatic rings. The van der Waals surface area contributed by atoms with Crippen molar-refractivity contribution < 1.29 is 0 Å². The molecule has 1 N–H and O–H groups in total. The first-order valence-electron chi connectivity index (χ1n) is 7.35. The number of thioether (sulfide) groups is 1. The smallest absolute Gasteiger partial charge is 0.195 e. The van der Waals surface area contributed by atoms with Crippen LogP contribution in [0, 0.1) is 4.77 Å². The van der Waals surface area contributed by atoms with Crippen LogP contribution < -0.4 is 0 Å². The van der Waals surface area contributed by atoms with Gasteiger partial charge in [0, 0.05) is 29.2 Å². The third-order valence-electron chi connectivity index (χ3n) is 4.32. The summed E-state index contributed by atoms with van der Waals surface area (Å²) in [7, 11) is 0. The number of rotatable bonds is 4. The highest BCUT2D eigenvalue weighted by Crippen LogP contribution is 2.40. The lowest BCUT2D eigenvalue weighted by Gasteiger charge is -2.36. The summed E-state index contributed by atoms with van der Waals surface area (Å²) >= 11 is 7.43.